The highest BCUT2D eigenvalue weighted by atomic mass is 35.5. The van der Waals surface area contributed by atoms with Crippen molar-refractivity contribution in [1.29, 1.82) is 0 Å². The van der Waals surface area contributed by atoms with Crippen molar-refractivity contribution < 1.29 is 4.79 Å². The molecule has 20 heavy (non-hydrogen) atoms. The fraction of sp³-hybridized carbons (Fsp3) is 0.286. The lowest BCUT2D eigenvalue weighted by Crippen LogP contribution is -2.46. The van der Waals surface area contributed by atoms with E-state index in [1.165, 1.54) is 0 Å². The Morgan fingerprint density at radius 2 is 1.90 bits per heavy atom. The lowest BCUT2D eigenvalue weighted by atomic mass is 10.1. The Bertz CT molecular complexity index is 669. The number of hydrogen-bond donors (Lipinski definition) is 1. The van der Waals surface area contributed by atoms with Gasteiger partial charge in [-0.15, -0.1) is 0 Å². The number of amides is 1. The van der Waals surface area contributed by atoms with Gasteiger partial charge in [-0.1, -0.05) is 29.3 Å². The van der Waals surface area contributed by atoms with Gasteiger partial charge in [0.05, 0.1) is 10.0 Å². The number of carbonyl (C=O) groups is 1. The monoisotopic (exact) mass is 309 g/mol. The van der Waals surface area contributed by atoms with E-state index in [4.69, 9.17) is 23.2 Å². The molecule has 2 heterocycles. The minimum Gasteiger partial charge on any atom is -0.335 e. The van der Waals surface area contributed by atoms with Crippen molar-refractivity contribution >= 4 is 39.9 Å². The van der Waals surface area contributed by atoms with Gasteiger partial charge in [0.2, 0.25) is 0 Å². The maximum absolute atomic E-state index is 12.6. The van der Waals surface area contributed by atoms with Gasteiger partial charge < -0.3 is 10.2 Å². The molecule has 0 atom stereocenters. The molecule has 1 amide bonds. The van der Waals surface area contributed by atoms with Gasteiger partial charge in [-0.2, -0.15) is 0 Å². The Morgan fingerprint density at radius 1 is 1.15 bits per heavy atom. The van der Waals surface area contributed by atoms with Gasteiger partial charge in [-0.05, 0) is 12.1 Å². The van der Waals surface area contributed by atoms with E-state index < -0.39 is 0 Å². The van der Waals surface area contributed by atoms with E-state index in [0.29, 0.717) is 28.8 Å². The van der Waals surface area contributed by atoms with Crippen LogP contribution < -0.4 is 5.32 Å². The number of rotatable bonds is 1. The van der Waals surface area contributed by atoms with Crippen LogP contribution in [0.15, 0.2) is 24.4 Å². The van der Waals surface area contributed by atoms with Crippen molar-refractivity contribution in [3.05, 3.63) is 40.1 Å². The van der Waals surface area contributed by atoms with Crippen LogP contribution in [-0.2, 0) is 0 Å². The average Bonchev–Trinajstić information content (AvgIpc) is 2.51. The first-order chi connectivity index (χ1) is 9.68. The van der Waals surface area contributed by atoms with Crippen LogP contribution in [-0.4, -0.2) is 42.0 Å². The summed E-state index contributed by atoms with van der Waals surface area (Å²) in [5.74, 6) is -0.0597. The van der Waals surface area contributed by atoms with E-state index in [-0.39, 0.29) is 5.91 Å². The third-order valence-electron chi connectivity index (χ3n) is 3.44. The maximum atomic E-state index is 12.6. The van der Waals surface area contributed by atoms with Crippen LogP contribution in [0.5, 0.6) is 0 Å². The van der Waals surface area contributed by atoms with Crippen molar-refractivity contribution in [2.45, 2.75) is 0 Å². The van der Waals surface area contributed by atoms with Crippen LogP contribution >= 0.6 is 23.2 Å². The predicted molar refractivity (Wildman–Crippen MR) is 80.5 cm³/mol. The first-order valence-corrected chi connectivity index (χ1v) is 7.17. The molecule has 1 saturated heterocycles. The molecule has 1 aromatic carbocycles. The second-order valence-electron chi connectivity index (χ2n) is 4.66. The van der Waals surface area contributed by atoms with Gasteiger partial charge in [-0.25, -0.2) is 0 Å². The van der Waals surface area contributed by atoms with E-state index >= 15 is 0 Å². The summed E-state index contributed by atoms with van der Waals surface area (Å²) >= 11 is 12.2. The van der Waals surface area contributed by atoms with Crippen molar-refractivity contribution in [3.8, 4) is 0 Å². The molecule has 0 bridgehead atoms. The number of carbonyl (C=O) groups excluding carboxylic acids is 1. The van der Waals surface area contributed by atoms with E-state index in [2.05, 4.69) is 10.3 Å². The van der Waals surface area contributed by atoms with E-state index in [0.717, 1.165) is 23.9 Å². The minimum atomic E-state index is -0.0597. The third kappa shape index (κ3) is 2.35. The van der Waals surface area contributed by atoms with Crippen molar-refractivity contribution in [1.82, 2.24) is 15.2 Å². The van der Waals surface area contributed by atoms with Gasteiger partial charge in [0.15, 0.2) is 0 Å². The SMILES string of the molecule is O=C(c1nccc2c(Cl)c(Cl)ccc12)N1CCNCC1. The first-order valence-electron chi connectivity index (χ1n) is 6.41. The smallest absolute Gasteiger partial charge is 0.273 e. The summed E-state index contributed by atoms with van der Waals surface area (Å²) in [6, 6.07) is 5.27. The summed E-state index contributed by atoms with van der Waals surface area (Å²) in [6.07, 6.45) is 1.60. The Labute approximate surface area is 126 Å². The minimum absolute atomic E-state index is 0.0597. The molecule has 4 nitrogen and oxygen atoms in total. The molecule has 104 valence electrons. The zero-order valence-corrected chi connectivity index (χ0v) is 12.2. The van der Waals surface area contributed by atoms with E-state index in [1.807, 2.05) is 0 Å². The van der Waals surface area contributed by atoms with Crippen molar-refractivity contribution in [2.24, 2.45) is 0 Å². The molecule has 0 radical (unpaired) electrons. The molecule has 2 aromatic rings. The summed E-state index contributed by atoms with van der Waals surface area (Å²) in [5.41, 5.74) is 0.433. The normalized spacial score (nSPS) is 15.6. The number of halogens is 2. The summed E-state index contributed by atoms with van der Waals surface area (Å²) < 4.78 is 0. The highest BCUT2D eigenvalue weighted by Crippen LogP contribution is 2.31. The molecular weight excluding hydrogens is 297 g/mol. The molecule has 1 aliphatic heterocycles. The van der Waals surface area contributed by atoms with Crippen molar-refractivity contribution in [2.75, 3.05) is 26.2 Å². The molecule has 1 aliphatic rings. The van der Waals surface area contributed by atoms with Crippen molar-refractivity contribution in [3.63, 3.8) is 0 Å². The quantitative estimate of drug-likeness (QED) is 0.880. The summed E-state index contributed by atoms with van der Waals surface area (Å²) in [6.45, 7) is 3.00. The first kappa shape index (κ1) is 13.6. The number of nitrogens with one attached hydrogen (secondary N) is 1. The number of piperazine rings is 1. The van der Waals surface area contributed by atoms with Crippen LogP contribution in [0.1, 0.15) is 10.5 Å². The second kappa shape index (κ2) is 5.56. The molecular formula is C14H13Cl2N3O. The zero-order chi connectivity index (χ0) is 14.1. The molecule has 1 fully saturated rings. The zero-order valence-electron chi connectivity index (χ0n) is 10.7. The lowest BCUT2D eigenvalue weighted by molar-refractivity contribution is 0.0732. The molecule has 0 aliphatic carbocycles. The van der Waals surface area contributed by atoms with Crippen LogP contribution in [0, 0.1) is 0 Å². The number of benzene rings is 1. The second-order valence-corrected chi connectivity index (χ2v) is 5.44. The van der Waals surface area contributed by atoms with Gasteiger partial charge in [0.1, 0.15) is 5.69 Å². The number of pyridine rings is 1. The molecule has 0 unspecified atom stereocenters. The van der Waals surface area contributed by atoms with E-state index in [1.54, 1.807) is 29.3 Å². The third-order valence-corrected chi connectivity index (χ3v) is 4.26. The number of nitrogens with zero attached hydrogens (tertiary/aromatic N) is 2. The Kier molecular flexibility index (Phi) is 3.78. The van der Waals surface area contributed by atoms with Gasteiger partial charge >= 0.3 is 0 Å². The average molecular weight is 310 g/mol. The number of fused-ring (bicyclic) bond motifs is 1. The number of hydrogen-bond acceptors (Lipinski definition) is 3. The predicted octanol–water partition coefficient (Wildman–Crippen LogP) is 2.59. The molecule has 6 heteroatoms. The largest absolute Gasteiger partial charge is 0.335 e. The van der Waals surface area contributed by atoms with Crippen LogP contribution in [0.4, 0.5) is 0 Å². The summed E-state index contributed by atoms with van der Waals surface area (Å²) in [4.78, 5) is 18.6. The molecule has 1 N–H and O–H groups in total. The molecule has 0 spiro atoms. The maximum Gasteiger partial charge on any atom is 0.273 e. The summed E-state index contributed by atoms with van der Waals surface area (Å²) in [5, 5.41) is 5.66. The van der Waals surface area contributed by atoms with Crippen LogP contribution in [0.25, 0.3) is 10.8 Å². The summed E-state index contributed by atoms with van der Waals surface area (Å²) in [7, 11) is 0. The fourth-order valence-electron chi connectivity index (χ4n) is 2.38. The molecule has 0 saturated carbocycles. The fourth-order valence-corrected chi connectivity index (χ4v) is 2.77. The Morgan fingerprint density at radius 3 is 2.65 bits per heavy atom. The van der Waals surface area contributed by atoms with E-state index in [9.17, 15) is 4.79 Å². The van der Waals surface area contributed by atoms with Gasteiger partial charge in [0.25, 0.3) is 5.91 Å². The topological polar surface area (TPSA) is 45.2 Å². The molecule has 1 aromatic heterocycles. The van der Waals surface area contributed by atoms with Crippen LogP contribution in [0.3, 0.4) is 0 Å². The lowest BCUT2D eigenvalue weighted by Gasteiger charge is -2.27. The highest BCUT2D eigenvalue weighted by Gasteiger charge is 2.21. The Hall–Kier alpha value is -1.36. The highest BCUT2D eigenvalue weighted by molar-refractivity contribution is 6.45. The van der Waals surface area contributed by atoms with Gasteiger partial charge in [0, 0.05) is 43.1 Å². The standard InChI is InChI=1S/C14H13Cl2N3O/c15-11-2-1-10-9(12(11)16)3-4-18-13(10)14(20)19-7-5-17-6-8-19/h1-4,17H,5-8H2. The molecule has 3 rings (SSSR count). The van der Waals surface area contributed by atoms with Gasteiger partial charge in [-0.3, -0.25) is 9.78 Å². The van der Waals surface area contributed by atoms with Crippen LogP contribution in [0.2, 0.25) is 10.0 Å². The number of aromatic nitrogens is 1. The Balaban J connectivity index is 2.07.